The Labute approximate surface area is 99.8 Å². The molecule has 4 heteroatoms. The molecule has 0 aliphatic carbocycles. The molecule has 16 heavy (non-hydrogen) atoms. The van der Waals surface area contributed by atoms with Crippen LogP contribution in [0.3, 0.4) is 0 Å². The Balaban J connectivity index is 2.97. The van der Waals surface area contributed by atoms with Crippen LogP contribution in [-0.2, 0) is 4.43 Å². The van der Waals surface area contributed by atoms with Crippen molar-refractivity contribution in [1.82, 2.24) is 4.98 Å². The van der Waals surface area contributed by atoms with Gasteiger partial charge in [-0.25, -0.2) is 4.98 Å². The second-order valence-corrected chi connectivity index (χ2v) is 7.82. The van der Waals surface area contributed by atoms with Gasteiger partial charge in [0.1, 0.15) is 5.82 Å². The van der Waals surface area contributed by atoms with Gasteiger partial charge in [0.25, 0.3) is 0 Å². The molecule has 2 N–H and O–H groups in total. The minimum absolute atomic E-state index is 0.0784. The smallest absolute Gasteiger partial charge is 0.171 e. The molecule has 1 heterocycles. The highest BCUT2D eigenvalue weighted by Crippen LogP contribution is 2.36. The van der Waals surface area contributed by atoms with Gasteiger partial charge in [-0.15, -0.1) is 0 Å². The second-order valence-electron chi connectivity index (χ2n) is 5.45. The van der Waals surface area contributed by atoms with E-state index in [1.165, 1.54) is 0 Å². The van der Waals surface area contributed by atoms with Crippen molar-refractivity contribution >= 4 is 14.9 Å². The summed E-state index contributed by atoms with van der Waals surface area (Å²) in [5.41, 5.74) is 6.79. The summed E-state index contributed by atoms with van der Waals surface area (Å²) in [4.78, 5) is 4.13. The molecule has 0 saturated carbocycles. The summed E-state index contributed by atoms with van der Waals surface area (Å²) in [6.07, 6.45) is 1.93. The van der Waals surface area contributed by atoms with E-state index in [0.717, 1.165) is 5.56 Å². The van der Waals surface area contributed by atoms with Gasteiger partial charge >= 0.3 is 0 Å². The summed E-state index contributed by atoms with van der Waals surface area (Å²) in [5.74, 6) is 0.554. The zero-order chi connectivity index (χ0) is 12.3. The lowest BCUT2D eigenvalue weighted by atomic mass is 9.85. The molecule has 0 amide bonds. The molecule has 1 rings (SSSR count). The van der Waals surface area contributed by atoms with Crippen molar-refractivity contribution in [2.45, 2.75) is 40.0 Å². The first-order chi connectivity index (χ1) is 7.30. The van der Waals surface area contributed by atoms with E-state index in [9.17, 15) is 0 Å². The van der Waals surface area contributed by atoms with Gasteiger partial charge in [-0.1, -0.05) is 26.8 Å². The topological polar surface area (TPSA) is 48.1 Å². The molecule has 1 unspecified atom stereocenters. The van der Waals surface area contributed by atoms with Crippen LogP contribution in [0, 0.1) is 5.41 Å². The molecule has 1 aromatic rings. The normalized spacial score (nSPS) is 14.1. The molecule has 90 valence electrons. The summed E-state index contributed by atoms with van der Waals surface area (Å²) in [5, 5.41) is 0. The number of aromatic nitrogens is 1. The minimum atomic E-state index is -1.07. The molecule has 0 spiro atoms. The summed E-state index contributed by atoms with van der Waals surface area (Å²) in [6, 6.07) is 3.84. The van der Waals surface area contributed by atoms with E-state index in [2.05, 4.69) is 38.8 Å². The standard InChI is InChI=1S/C12H22N2OSi/c1-12(2,3)11(15-16(4)5)9-6-7-10(13)14-8-9/h6-8,11,16H,1-5H3,(H2,13,14). The van der Waals surface area contributed by atoms with E-state index in [1.807, 2.05) is 18.3 Å². The molecule has 0 aromatic carbocycles. The molecule has 0 radical (unpaired) electrons. The first-order valence-electron chi connectivity index (χ1n) is 5.67. The molecule has 0 aliphatic rings. The maximum Gasteiger partial charge on any atom is 0.171 e. The third kappa shape index (κ3) is 3.61. The third-order valence-corrected chi connectivity index (χ3v) is 3.12. The number of rotatable bonds is 3. The van der Waals surface area contributed by atoms with Crippen LogP contribution in [0.2, 0.25) is 13.1 Å². The Hall–Kier alpha value is -0.873. The highest BCUT2D eigenvalue weighted by atomic mass is 28.3. The molecule has 0 fully saturated rings. The lowest BCUT2D eigenvalue weighted by molar-refractivity contribution is 0.0863. The fraction of sp³-hybridized carbons (Fsp3) is 0.583. The quantitative estimate of drug-likeness (QED) is 0.824. The lowest BCUT2D eigenvalue weighted by Crippen LogP contribution is -2.26. The van der Waals surface area contributed by atoms with Gasteiger partial charge in [-0.2, -0.15) is 0 Å². The highest BCUT2D eigenvalue weighted by molar-refractivity contribution is 6.48. The Kier molecular flexibility index (Phi) is 4.10. The van der Waals surface area contributed by atoms with Crippen LogP contribution < -0.4 is 5.73 Å². The van der Waals surface area contributed by atoms with Crippen LogP contribution in [0.5, 0.6) is 0 Å². The van der Waals surface area contributed by atoms with Crippen molar-refractivity contribution in [2.24, 2.45) is 5.41 Å². The summed E-state index contributed by atoms with van der Waals surface area (Å²) >= 11 is 0. The zero-order valence-electron chi connectivity index (χ0n) is 10.8. The van der Waals surface area contributed by atoms with Crippen molar-refractivity contribution in [1.29, 1.82) is 0 Å². The Morgan fingerprint density at radius 2 is 1.94 bits per heavy atom. The number of hydrogen-bond donors (Lipinski definition) is 1. The molecular weight excluding hydrogens is 216 g/mol. The van der Waals surface area contributed by atoms with Crippen LogP contribution in [0.1, 0.15) is 32.4 Å². The van der Waals surface area contributed by atoms with Gasteiger partial charge in [0.2, 0.25) is 0 Å². The number of nitrogens with zero attached hydrogens (tertiary/aromatic N) is 1. The van der Waals surface area contributed by atoms with Crippen LogP contribution in [0.25, 0.3) is 0 Å². The molecule has 0 aliphatic heterocycles. The Morgan fingerprint density at radius 3 is 2.31 bits per heavy atom. The predicted octanol–water partition coefficient (Wildman–Crippen LogP) is 2.75. The number of anilines is 1. The van der Waals surface area contributed by atoms with Crippen molar-refractivity contribution < 1.29 is 4.43 Å². The van der Waals surface area contributed by atoms with Crippen molar-refractivity contribution in [3.8, 4) is 0 Å². The molecule has 1 aromatic heterocycles. The summed E-state index contributed by atoms with van der Waals surface area (Å²) in [6.45, 7) is 10.9. The Morgan fingerprint density at radius 1 is 1.31 bits per heavy atom. The lowest BCUT2D eigenvalue weighted by Gasteiger charge is -2.32. The van der Waals surface area contributed by atoms with Crippen molar-refractivity contribution in [3.63, 3.8) is 0 Å². The van der Waals surface area contributed by atoms with Gasteiger partial charge in [0, 0.05) is 6.20 Å². The van der Waals surface area contributed by atoms with Gasteiger partial charge in [-0.05, 0) is 30.1 Å². The predicted molar refractivity (Wildman–Crippen MR) is 70.8 cm³/mol. The van der Waals surface area contributed by atoms with Gasteiger partial charge in [-0.3, -0.25) is 0 Å². The molecular formula is C12H22N2OSi. The number of nitrogens with two attached hydrogens (primary N) is 1. The van der Waals surface area contributed by atoms with E-state index < -0.39 is 9.04 Å². The molecule has 3 nitrogen and oxygen atoms in total. The maximum atomic E-state index is 6.10. The van der Waals surface area contributed by atoms with E-state index >= 15 is 0 Å². The maximum absolute atomic E-state index is 6.10. The van der Waals surface area contributed by atoms with Gasteiger partial charge in [0.15, 0.2) is 9.04 Å². The SMILES string of the molecule is C[SiH](C)OC(c1ccc(N)nc1)C(C)(C)C. The minimum Gasteiger partial charge on any atom is -0.413 e. The fourth-order valence-electron chi connectivity index (χ4n) is 1.63. The van der Waals surface area contributed by atoms with Gasteiger partial charge in [0.05, 0.1) is 6.10 Å². The monoisotopic (exact) mass is 238 g/mol. The first kappa shape index (κ1) is 13.2. The number of hydrogen-bond acceptors (Lipinski definition) is 3. The first-order valence-corrected chi connectivity index (χ1v) is 8.45. The zero-order valence-corrected chi connectivity index (χ0v) is 12.0. The highest BCUT2D eigenvalue weighted by Gasteiger charge is 2.28. The van der Waals surface area contributed by atoms with E-state index in [-0.39, 0.29) is 11.5 Å². The van der Waals surface area contributed by atoms with Crippen LogP contribution >= 0.6 is 0 Å². The molecule has 0 saturated heterocycles. The average Bonchev–Trinajstić information content (AvgIpc) is 2.14. The van der Waals surface area contributed by atoms with Crippen LogP contribution in [0.15, 0.2) is 18.3 Å². The van der Waals surface area contributed by atoms with Crippen molar-refractivity contribution in [3.05, 3.63) is 23.9 Å². The number of pyridine rings is 1. The molecule has 0 bridgehead atoms. The number of nitrogen functional groups attached to an aromatic ring is 1. The fourth-order valence-corrected chi connectivity index (χ4v) is 2.74. The van der Waals surface area contributed by atoms with Gasteiger partial charge < -0.3 is 10.2 Å². The summed E-state index contributed by atoms with van der Waals surface area (Å²) < 4.78 is 6.10. The van der Waals surface area contributed by atoms with Crippen molar-refractivity contribution in [2.75, 3.05) is 5.73 Å². The summed E-state index contributed by atoms with van der Waals surface area (Å²) in [7, 11) is -1.07. The van der Waals surface area contributed by atoms with E-state index in [0.29, 0.717) is 5.82 Å². The largest absolute Gasteiger partial charge is 0.413 e. The molecule has 1 atom stereocenters. The second kappa shape index (κ2) is 4.97. The van der Waals surface area contributed by atoms with Crippen LogP contribution in [-0.4, -0.2) is 14.0 Å². The van der Waals surface area contributed by atoms with E-state index in [4.69, 9.17) is 10.2 Å². The van der Waals surface area contributed by atoms with E-state index in [1.54, 1.807) is 0 Å². The Bertz CT molecular complexity index is 330. The third-order valence-electron chi connectivity index (χ3n) is 2.31. The van der Waals surface area contributed by atoms with Crippen LogP contribution in [0.4, 0.5) is 5.82 Å². The average molecular weight is 238 g/mol.